The Hall–Kier alpha value is -0.570. The highest BCUT2D eigenvalue weighted by molar-refractivity contribution is 5.70. The summed E-state index contributed by atoms with van der Waals surface area (Å²) < 4.78 is 5.35. The average Bonchev–Trinajstić information content (AvgIpc) is 2.49. The molecule has 3 heteroatoms. The van der Waals surface area contributed by atoms with E-state index in [0.717, 1.165) is 44.9 Å². The smallest absolute Gasteiger partial charge is 0.306 e. The Morgan fingerprint density at radius 2 is 1.71 bits per heavy atom. The summed E-state index contributed by atoms with van der Waals surface area (Å²) in [5.41, 5.74) is 0.0738. The normalized spacial score (nSPS) is 14.8. The van der Waals surface area contributed by atoms with Crippen molar-refractivity contribution in [1.82, 2.24) is 0 Å². The van der Waals surface area contributed by atoms with Gasteiger partial charge < -0.3 is 9.84 Å². The lowest BCUT2D eigenvalue weighted by molar-refractivity contribution is -0.151. The van der Waals surface area contributed by atoms with Crippen LogP contribution in [-0.4, -0.2) is 23.8 Å². The molecule has 0 aromatic heterocycles. The molecule has 2 atom stereocenters. The van der Waals surface area contributed by atoms with E-state index in [9.17, 15) is 9.90 Å². The number of ether oxygens (including phenoxy) is 1. The molecule has 0 bridgehead atoms. The second kappa shape index (κ2) is 11.1. The number of aliphatic hydroxyl groups is 1. The van der Waals surface area contributed by atoms with E-state index in [4.69, 9.17) is 4.74 Å². The van der Waals surface area contributed by atoms with E-state index in [2.05, 4.69) is 34.6 Å². The van der Waals surface area contributed by atoms with Gasteiger partial charge in [0.15, 0.2) is 0 Å². The minimum Gasteiger partial charge on any atom is -0.463 e. The summed E-state index contributed by atoms with van der Waals surface area (Å²) in [7, 11) is 0. The highest BCUT2D eigenvalue weighted by Gasteiger charge is 2.29. The van der Waals surface area contributed by atoms with Gasteiger partial charge in [0.2, 0.25) is 0 Å². The second-order valence-electron chi connectivity index (χ2n) is 6.34. The first-order chi connectivity index (χ1) is 9.98. The Kier molecular flexibility index (Phi) is 10.8. The van der Waals surface area contributed by atoms with Crippen molar-refractivity contribution >= 4 is 5.97 Å². The summed E-state index contributed by atoms with van der Waals surface area (Å²) in [5, 5.41) is 10.1. The molecule has 0 spiro atoms. The molecule has 0 amide bonds. The van der Waals surface area contributed by atoms with E-state index in [1.54, 1.807) is 0 Å². The van der Waals surface area contributed by atoms with Gasteiger partial charge in [-0.2, -0.15) is 0 Å². The minimum atomic E-state index is -0.525. The average molecular weight is 300 g/mol. The van der Waals surface area contributed by atoms with Crippen LogP contribution in [0.5, 0.6) is 0 Å². The monoisotopic (exact) mass is 300 g/mol. The van der Waals surface area contributed by atoms with Gasteiger partial charge in [-0.05, 0) is 37.0 Å². The maximum atomic E-state index is 12.1. The van der Waals surface area contributed by atoms with Crippen LogP contribution in [0, 0.1) is 11.3 Å². The number of hydrogen-bond acceptors (Lipinski definition) is 3. The molecule has 126 valence electrons. The molecule has 0 saturated heterocycles. The van der Waals surface area contributed by atoms with Crippen LogP contribution in [-0.2, 0) is 9.53 Å². The molecule has 0 aliphatic carbocycles. The Bertz CT molecular complexity index is 272. The fraction of sp³-hybridized carbons (Fsp3) is 0.944. The van der Waals surface area contributed by atoms with Gasteiger partial charge in [-0.25, -0.2) is 0 Å². The van der Waals surface area contributed by atoms with Gasteiger partial charge in [0.25, 0.3) is 0 Å². The zero-order chi connectivity index (χ0) is 16.3. The van der Waals surface area contributed by atoms with E-state index < -0.39 is 6.10 Å². The van der Waals surface area contributed by atoms with Crippen molar-refractivity contribution in [1.29, 1.82) is 0 Å². The van der Waals surface area contributed by atoms with Crippen molar-refractivity contribution in [2.75, 3.05) is 6.61 Å². The fourth-order valence-electron chi connectivity index (χ4n) is 3.18. The van der Waals surface area contributed by atoms with E-state index >= 15 is 0 Å². The predicted octanol–water partition coefficient (Wildman–Crippen LogP) is 4.71. The van der Waals surface area contributed by atoms with Crippen LogP contribution in [0.3, 0.4) is 0 Å². The number of rotatable bonds is 12. The van der Waals surface area contributed by atoms with E-state index in [0.29, 0.717) is 6.42 Å². The van der Waals surface area contributed by atoms with Gasteiger partial charge in [-0.1, -0.05) is 53.9 Å². The molecular weight excluding hydrogens is 264 g/mol. The Morgan fingerprint density at radius 1 is 1.10 bits per heavy atom. The van der Waals surface area contributed by atoms with Crippen molar-refractivity contribution < 1.29 is 14.6 Å². The summed E-state index contributed by atoms with van der Waals surface area (Å²) >= 11 is 0. The summed E-state index contributed by atoms with van der Waals surface area (Å²) in [5.74, 6) is 0.0816. The predicted molar refractivity (Wildman–Crippen MR) is 88.2 cm³/mol. The lowest BCUT2D eigenvalue weighted by atomic mass is 9.75. The van der Waals surface area contributed by atoms with Crippen LogP contribution in [0.2, 0.25) is 0 Å². The lowest BCUT2D eigenvalue weighted by Crippen LogP contribution is -2.29. The third-order valence-corrected chi connectivity index (χ3v) is 4.94. The van der Waals surface area contributed by atoms with Crippen LogP contribution < -0.4 is 0 Å². The molecule has 0 aliphatic heterocycles. The molecule has 0 aliphatic rings. The van der Waals surface area contributed by atoms with Crippen LogP contribution in [0.15, 0.2) is 0 Å². The molecule has 1 N–H and O–H groups in total. The molecule has 2 unspecified atom stereocenters. The highest BCUT2D eigenvalue weighted by atomic mass is 16.5. The third-order valence-electron chi connectivity index (χ3n) is 4.94. The van der Waals surface area contributed by atoms with Gasteiger partial charge in [0.1, 0.15) is 6.61 Å². The second-order valence-corrected chi connectivity index (χ2v) is 6.34. The molecular formula is C18H36O3. The zero-order valence-corrected chi connectivity index (χ0v) is 14.8. The van der Waals surface area contributed by atoms with Crippen molar-refractivity contribution in [3.63, 3.8) is 0 Å². The third kappa shape index (κ3) is 7.30. The zero-order valence-electron chi connectivity index (χ0n) is 14.8. The SMILES string of the molecule is CCCC(CC)C(O)COC(=O)CC(CC)(CC)CCC. The fourth-order valence-corrected chi connectivity index (χ4v) is 3.18. The highest BCUT2D eigenvalue weighted by Crippen LogP contribution is 2.36. The van der Waals surface area contributed by atoms with E-state index in [1.807, 2.05) is 0 Å². The first-order valence-electron chi connectivity index (χ1n) is 8.82. The van der Waals surface area contributed by atoms with Crippen molar-refractivity contribution in [3.05, 3.63) is 0 Å². The van der Waals surface area contributed by atoms with Gasteiger partial charge in [-0.15, -0.1) is 0 Å². The quantitative estimate of drug-likeness (QED) is 0.531. The molecule has 0 fully saturated rings. The Balaban J connectivity index is 4.35. The van der Waals surface area contributed by atoms with E-state index in [1.165, 1.54) is 0 Å². The maximum Gasteiger partial charge on any atom is 0.306 e. The molecule has 0 rings (SSSR count). The van der Waals surface area contributed by atoms with Crippen LogP contribution >= 0.6 is 0 Å². The Labute approximate surface area is 131 Å². The topological polar surface area (TPSA) is 46.5 Å². The number of hydrogen-bond donors (Lipinski definition) is 1. The van der Waals surface area contributed by atoms with Crippen LogP contribution in [0.4, 0.5) is 0 Å². The largest absolute Gasteiger partial charge is 0.463 e. The maximum absolute atomic E-state index is 12.1. The summed E-state index contributed by atoms with van der Waals surface area (Å²) in [6.45, 7) is 10.8. The van der Waals surface area contributed by atoms with Gasteiger partial charge in [-0.3, -0.25) is 4.79 Å². The van der Waals surface area contributed by atoms with Gasteiger partial charge in [0, 0.05) is 0 Å². The molecule has 0 aromatic rings. The van der Waals surface area contributed by atoms with Crippen molar-refractivity contribution in [2.45, 2.75) is 92.1 Å². The standard InChI is InChI=1S/C18H36O3/c1-6-11-15(8-3)16(19)14-21-17(20)13-18(9-4,10-5)12-7-2/h15-16,19H,6-14H2,1-5H3. The molecule has 3 nitrogen and oxygen atoms in total. The minimum absolute atomic E-state index is 0.0738. The van der Waals surface area contributed by atoms with Crippen LogP contribution in [0.1, 0.15) is 86.0 Å². The number of aliphatic hydroxyl groups excluding tert-OH is 1. The first-order valence-corrected chi connectivity index (χ1v) is 8.82. The van der Waals surface area contributed by atoms with Crippen molar-refractivity contribution in [3.8, 4) is 0 Å². The number of esters is 1. The van der Waals surface area contributed by atoms with E-state index in [-0.39, 0.29) is 23.9 Å². The molecule has 0 saturated carbocycles. The summed E-state index contributed by atoms with van der Waals surface area (Å²) in [4.78, 5) is 12.1. The number of carbonyl (C=O) groups excluding carboxylic acids is 1. The Morgan fingerprint density at radius 3 is 2.14 bits per heavy atom. The van der Waals surface area contributed by atoms with Gasteiger partial charge >= 0.3 is 5.97 Å². The lowest BCUT2D eigenvalue weighted by Gasteiger charge is -2.30. The van der Waals surface area contributed by atoms with Crippen molar-refractivity contribution in [2.24, 2.45) is 11.3 Å². The molecule has 0 radical (unpaired) electrons. The number of carbonyl (C=O) groups is 1. The molecule has 0 aromatic carbocycles. The first kappa shape index (κ1) is 20.4. The summed E-state index contributed by atoms with van der Waals surface area (Å²) in [6, 6.07) is 0. The van der Waals surface area contributed by atoms with Crippen LogP contribution in [0.25, 0.3) is 0 Å². The molecule has 0 heterocycles. The van der Waals surface area contributed by atoms with Gasteiger partial charge in [0.05, 0.1) is 12.5 Å². The molecule has 21 heavy (non-hydrogen) atoms. The summed E-state index contributed by atoms with van der Waals surface area (Å²) in [6.07, 6.45) is 7.07.